The first-order chi connectivity index (χ1) is 6.11. The van der Waals surface area contributed by atoms with Crippen LogP contribution in [0.5, 0.6) is 0 Å². The lowest BCUT2D eigenvalue weighted by atomic mass is 10.3. The third kappa shape index (κ3) is 5.57. The van der Waals surface area contributed by atoms with Crippen LogP contribution in [0.3, 0.4) is 0 Å². The van der Waals surface area contributed by atoms with Crippen LogP contribution in [0.1, 0.15) is 6.92 Å². The largest absolute Gasteiger partial charge is 0.383 e. The Kier molecular flexibility index (Phi) is 6.48. The van der Waals surface area contributed by atoms with Crippen LogP contribution >= 0.6 is 0 Å². The van der Waals surface area contributed by atoms with Gasteiger partial charge in [0.1, 0.15) is 6.04 Å². The fraction of sp³-hybridized carbons (Fsp3) is 0.875. The van der Waals surface area contributed by atoms with Crippen molar-refractivity contribution in [1.29, 1.82) is 0 Å². The summed E-state index contributed by atoms with van der Waals surface area (Å²) in [6.45, 7) is 2.55. The van der Waals surface area contributed by atoms with E-state index in [1.54, 1.807) is 7.11 Å². The molecule has 0 aliphatic carbocycles. The zero-order valence-electron chi connectivity index (χ0n) is 8.37. The van der Waals surface area contributed by atoms with Gasteiger partial charge in [-0.3, -0.25) is 4.79 Å². The molecule has 13 heavy (non-hydrogen) atoms. The summed E-state index contributed by atoms with van der Waals surface area (Å²) < 4.78 is 9.61. The Morgan fingerprint density at radius 1 is 1.38 bits per heavy atom. The summed E-state index contributed by atoms with van der Waals surface area (Å²) in [4.78, 5) is 11.2. The third-order valence-corrected chi connectivity index (χ3v) is 1.49. The van der Waals surface area contributed by atoms with Crippen molar-refractivity contribution >= 4 is 5.91 Å². The van der Waals surface area contributed by atoms with Gasteiger partial charge in [0.15, 0.2) is 0 Å². The summed E-state index contributed by atoms with van der Waals surface area (Å²) in [6.07, 6.45) is 0. The molecule has 0 rings (SSSR count). The highest BCUT2D eigenvalue weighted by Crippen LogP contribution is 1.86. The van der Waals surface area contributed by atoms with Crippen molar-refractivity contribution in [2.24, 2.45) is 5.73 Å². The Morgan fingerprint density at radius 2 is 1.92 bits per heavy atom. The van der Waals surface area contributed by atoms with Gasteiger partial charge in [0, 0.05) is 20.3 Å². The zero-order chi connectivity index (χ0) is 10.3. The van der Waals surface area contributed by atoms with E-state index >= 15 is 0 Å². The molecular formula is C8H18N2O3. The van der Waals surface area contributed by atoms with E-state index in [2.05, 4.69) is 5.32 Å². The number of nitrogens with one attached hydrogen (secondary N) is 1. The molecule has 0 heterocycles. The van der Waals surface area contributed by atoms with Gasteiger partial charge < -0.3 is 20.5 Å². The van der Waals surface area contributed by atoms with Crippen LogP contribution in [-0.4, -0.2) is 45.4 Å². The van der Waals surface area contributed by atoms with E-state index in [4.69, 9.17) is 15.2 Å². The van der Waals surface area contributed by atoms with E-state index in [9.17, 15) is 4.79 Å². The smallest absolute Gasteiger partial charge is 0.239 e. The van der Waals surface area contributed by atoms with E-state index < -0.39 is 6.04 Å². The number of carbonyl (C=O) groups excluding carboxylic acids is 1. The van der Waals surface area contributed by atoms with Gasteiger partial charge >= 0.3 is 0 Å². The Labute approximate surface area is 78.6 Å². The molecule has 0 saturated carbocycles. The van der Waals surface area contributed by atoms with Crippen LogP contribution in [0, 0.1) is 0 Å². The number of ether oxygens (including phenoxy) is 2. The molecule has 0 aromatic rings. The third-order valence-electron chi connectivity index (χ3n) is 1.49. The topological polar surface area (TPSA) is 73.6 Å². The van der Waals surface area contributed by atoms with Crippen molar-refractivity contribution in [3.63, 3.8) is 0 Å². The second-order valence-electron chi connectivity index (χ2n) is 2.93. The molecule has 2 atom stereocenters. The summed E-state index contributed by atoms with van der Waals surface area (Å²) in [6, 6.07) is -0.635. The van der Waals surface area contributed by atoms with Gasteiger partial charge in [-0.1, -0.05) is 0 Å². The summed E-state index contributed by atoms with van der Waals surface area (Å²) in [5.74, 6) is -0.216. The van der Waals surface area contributed by atoms with Gasteiger partial charge in [-0.05, 0) is 6.92 Å². The molecule has 78 valence electrons. The predicted molar refractivity (Wildman–Crippen MR) is 49.3 cm³/mol. The number of rotatable bonds is 6. The maximum Gasteiger partial charge on any atom is 0.239 e. The molecule has 5 nitrogen and oxygen atoms in total. The minimum Gasteiger partial charge on any atom is -0.383 e. The van der Waals surface area contributed by atoms with E-state index in [1.807, 2.05) is 6.92 Å². The van der Waals surface area contributed by atoms with Gasteiger partial charge in [0.25, 0.3) is 0 Å². The number of hydrogen-bond donors (Lipinski definition) is 2. The summed E-state index contributed by atoms with van der Waals surface area (Å²) in [5, 5.41) is 2.70. The molecule has 0 radical (unpaired) electrons. The first kappa shape index (κ1) is 12.3. The molecule has 0 aromatic heterocycles. The minimum atomic E-state index is -0.607. The first-order valence-corrected chi connectivity index (χ1v) is 4.15. The van der Waals surface area contributed by atoms with Gasteiger partial charge in [-0.2, -0.15) is 0 Å². The van der Waals surface area contributed by atoms with Crippen LogP contribution in [0.4, 0.5) is 0 Å². The molecule has 0 aliphatic heterocycles. The lowest BCUT2D eigenvalue weighted by Gasteiger charge is -2.16. The van der Waals surface area contributed by atoms with Crippen LogP contribution in [0.2, 0.25) is 0 Å². The molecule has 5 heteroatoms. The zero-order valence-corrected chi connectivity index (χ0v) is 8.37. The van der Waals surface area contributed by atoms with Gasteiger partial charge in [0.2, 0.25) is 5.91 Å². The monoisotopic (exact) mass is 190 g/mol. The van der Waals surface area contributed by atoms with Gasteiger partial charge in [0.05, 0.1) is 13.2 Å². The SMILES string of the molecule is COCC(C)NC(=O)C(N)COC. The molecule has 0 aromatic carbocycles. The highest BCUT2D eigenvalue weighted by Gasteiger charge is 2.14. The summed E-state index contributed by atoms with van der Waals surface area (Å²) in [7, 11) is 3.09. The molecule has 3 N–H and O–H groups in total. The highest BCUT2D eigenvalue weighted by molar-refractivity contribution is 5.81. The van der Waals surface area contributed by atoms with Crippen molar-refractivity contribution in [1.82, 2.24) is 5.32 Å². The van der Waals surface area contributed by atoms with E-state index in [0.717, 1.165) is 0 Å². The first-order valence-electron chi connectivity index (χ1n) is 4.15. The van der Waals surface area contributed by atoms with Gasteiger partial charge in [-0.25, -0.2) is 0 Å². The van der Waals surface area contributed by atoms with Crippen LogP contribution in [0.25, 0.3) is 0 Å². The number of amides is 1. The van der Waals surface area contributed by atoms with E-state index in [-0.39, 0.29) is 18.6 Å². The second kappa shape index (κ2) is 6.82. The predicted octanol–water partition coefficient (Wildman–Crippen LogP) is -0.889. The molecule has 1 amide bonds. The molecule has 0 spiro atoms. The Hall–Kier alpha value is -0.650. The van der Waals surface area contributed by atoms with Crippen molar-refractivity contribution in [3.8, 4) is 0 Å². The second-order valence-corrected chi connectivity index (χ2v) is 2.93. The van der Waals surface area contributed by atoms with Crippen LogP contribution < -0.4 is 11.1 Å². The normalized spacial score (nSPS) is 15.1. The number of carbonyl (C=O) groups is 1. The average Bonchev–Trinajstić information content (AvgIpc) is 2.05. The highest BCUT2D eigenvalue weighted by atomic mass is 16.5. The molecule has 0 aliphatic rings. The Morgan fingerprint density at radius 3 is 2.38 bits per heavy atom. The number of methoxy groups -OCH3 is 2. The molecule has 0 saturated heterocycles. The van der Waals surface area contributed by atoms with Crippen molar-refractivity contribution < 1.29 is 14.3 Å². The van der Waals surface area contributed by atoms with Crippen molar-refractivity contribution in [2.75, 3.05) is 27.4 Å². The molecular weight excluding hydrogens is 172 g/mol. The maximum atomic E-state index is 11.2. The van der Waals surface area contributed by atoms with Crippen LogP contribution in [-0.2, 0) is 14.3 Å². The number of nitrogens with two attached hydrogens (primary N) is 1. The lowest BCUT2D eigenvalue weighted by Crippen LogP contribution is -2.47. The standard InChI is InChI=1S/C8H18N2O3/c1-6(4-12-2)10-8(11)7(9)5-13-3/h6-7H,4-5,9H2,1-3H3,(H,10,11). The molecule has 2 unspecified atom stereocenters. The Bertz CT molecular complexity index is 152. The molecule has 0 bridgehead atoms. The lowest BCUT2D eigenvalue weighted by molar-refractivity contribution is -0.124. The van der Waals surface area contributed by atoms with Gasteiger partial charge in [-0.15, -0.1) is 0 Å². The minimum absolute atomic E-state index is 0.0274. The van der Waals surface area contributed by atoms with Crippen LogP contribution in [0.15, 0.2) is 0 Å². The number of hydrogen-bond acceptors (Lipinski definition) is 4. The average molecular weight is 190 g/mol. The van der Waals surface area contributed by atoms with Crippen molar-refractivity contribution in [2.45, 2.75) is 19.0 Å². The molecule has 0 fully saturated rings. The van der Waals surface area contributed by atoms with E-state index in [0.29, 0.717) is 6.61 Å². The summed E-state index contributed by atoms with van der Waals surface area (Å²) in [5.41, 5.74) is 5.49. The Balaban J connectivity index is 3.71. The fourth-order valence-electron chi connectivity index (χ4n) is 0.897. The summed E-state index contributed by atoms with van der Waals surface area (Å²) >= 11 is 0. The van der Waals surface area contributed by atoms with E-state index in [1.165, 1.54) is 7.11 Å². The quantitative estimate of drug-likeness (QED) is 0.570. The fourth-order valence-corrected chi connectivity index (χ4v) is 0.897. The maximum absolute atomic E-state index is 11.2. The van der Waals surface area contributed by atoms with Crippen molar-refractivity contribution in [3.05, 3.63) is 0 Å².